The highest BCUT2D eigenvalue weighted by Crippen LogP contribution is 2.53. The van der Waals surface area contributed by atoms with Crippen LogP contribution in [-0.2, 0) is 27.9 Å². The quantitative estimate of drug-likeness (QED) is 0.522. The summed E-state index contributed by atoms with van der Waals surface area (Å²) < 4.78 is 27.3. The van der Waals surface area contributed by atoms with Crippen molar-refractivity contribution in [3.8, 4) is 0 Å². The van der Waals surface area contributed by atoms with Crippen LogP contribution in [0.2, 0.25) is 0 Å². The predicted molar refractivity (Wildman–Crippen MR) is 74.6 cm³/mol. The normalized spacial score (nSPS) is 19.9. The van der Waals surface area contributed by atoms with Gasteiger partial charge < -0.3 is 18.9 Å². The summed E-state index contributed by atoms with van der Waals surface area (Å²) >= 11 is 0. The molecule has 1 aliphatic heterocycles. The maximum absolute atomic E-state index is 12.5. The van der Waals surface area contributed by atoms with Crippen LogP contribution < -0.4 is 0 Å². The second-order valence-electron chi connectivity index (χ2n) is 4.58. The van der Waals surface area contributed by atoms with Crippen molar-refractivity contribution >= 4 is 25.4 Å². The standard InChI is InChI=1S/C12H20NO8P/c1-4-20-22(18,21-5-2)8(3)10(14)6-9-11(15)19-7-13(9)12(16)17/h8-9H,4-7H2,1-3H3,(H,16,17)/t8-,9?/m1/s1. The first-order valence-corrected chi connectivity index (χ1v) is 8.45. The number of carbonyl (C=O) groups is 3. The topological polar surface area (TPSA) is 119 Å². The second kappa shape index (κ2) is 7.71. The number of Topliss-reactive ketones (excluding diaryl/α,β-unsaturated/α-hetero) is 1. The smallest absolute Gasteiger partial charge is 0.410 e. The highest BCUT2D eigenvalue weighted by atomic mass is 31.2. The number of cyclic esters (lactones) is 1. The number of carbonyl (C=O) groups excluding carboxylic acids is 2. The van der Waals surface area contributed by atoms with Gasteiger partial charge in [0.1, 0.15) is 17.5 Å². The minimum absolute atomic E-state index is 0.0988. The van der Waals surface area contributed by atoms with Crippen molar-refractivity contribution in [2.24, 2.45) is 0 Å². The number of amides is 1. The fourth-order valence-corrected chi connectivity index (χ4v) is 3.69. The summed E-state index contributed by atoms with van der Waals surface area (Å²) in [7, 11) is -3.65. The monoisotopic (exact) mass is 337 g/mol. The van der Waals surface area contributed by atoms with E-state index in [1.807, 2.05) is 0 Å². The SMILES string of the molecule is CCOP(=O)(OCC)[C@H](C)C(=O)CC1C(=O)OCN1C(=O)O. The molecule has 1 aliphatic rings. The number of hydrogen-bond acceptors (Lipinski definition) is 7. The third kappa shape index (κ3) is 4.06. The molecule has 9 nitrogen and oxygen atoms in total. The van der Waals surface area contributed by atoms with E-state index in [1.165, 1.54) is 6.92 Å². The number of carboxylic acid groups (broad SMARTS) is 1. The molecule has 1 N–H and O–H groups in total. The molecular formula is C12H20NO8P. The molecule has 0 saturated carbocycles. The minimum atomic E-state index is -3.65. The molecule has 0 spiro atoms. The van der Waals surface area contributed by atoms with Crippen molar-refractivity contribution in [2.45, 2.75) is 38.9 Å². The van der Waals surface area contributed by atoms with Crippen molar-refractivity contribution in [1.82, 2.24) is 4.90 Å². The molecule has 0 aliphatic carbocycles. The zero-order valence-electron chi connectivity index (χ0n) is 12.7. The fourth-order valence-electron chi connectivity index (χ4n) is 1.99. The lowest BCUT2D eigenvalue weighted by Gasteiger charge is -2.23. The Labute approximate surface area is 128 Å². The molecule has 0 bridgehead atoms. The van der Waals surface area contributed by atoms with Crippen LogP contribution in [0.15, 0.2) is 0 Å². The van der Waals surface area contributed by atoms with E-state index in [2.05, 4.69) is 4.74 Å². The zero-order chi connectivity index (χ0) is 16.9. The molecule has 1 amide bonds. The van der Waals surface area contributed by atoms with E-state index >= 15 is 0 Å². The summed E-state index contributed by atoms with van der Waals surface area (Å²) in [5, 5.41) is 8.96. The maximum atomic E-state index is 12.5. The van der Waals surface area contributed by atoms with E-state index < -0.39 is 50.3 Å². The number of rotatable bonds is 8. The lowest BCUT2D eigenvalue weighted by molar-refractivity contribution is -0.140. The van der Waals surface area contributed by atoms with Gasteiger partial charge in [-0.15, -0.1) is 0 Å². The molecule has 1 fully saturated rings. The Morgan fingerprint density at radius 2 is 1.95 bits per heavy atom. The molecule has 1 rings (SSSR count). The average molecular weight is 337 g/mol. The molecule has 1 unspecified atom stereocenters. The summed E-state index contributed by atoms with van der Waals surface area (Å²) in [6.45, 7) is 4.38. The van der Waals surface area contributed by atoms with Crippen LogP contribution in [-0.4, -0.2) is 59.5 Å². The summed E-state index contributed by atoms with van der Waals surface area (Å²) in [5.41, 5.74) is -1.10. The van der Waals surface area contributed by atoms with Crippen molar-refractivity contribution in [1.29, 1.82) is 0 Å². The highest BCUT2D eigenvalue weighted by molar-refractivity contribution is 7.55. The van der Waals surface area contributed by atoms with Gasteiger partial charge in [0.2, 0.25) is 0 Å². The Kier molecular flexibility index (Phi) is 6.52. The molecule has 0 aromatic heterocycles. The molecule has 2 atom stereocenters. The summed E-state index contributed by atoms with van der Waals surface area (Å²) in [6.07, 6.45) is -1.80. The molecule has 0 aromatic carbocycles. The molecule has 1 saturated heterocycles. The van der Waals surface area contributed by atoms with Crippen molar-refractivity contribution in [3.63, 3.8) is 0 Å². The molecule has 10 heteroatoms. The summed E-state index contributed by atoms with van der Waals surface area (Å²) in [5.74, 6) is -1.38. The second-order valence-corrected chi connectivity index (χ2v) is 6.95. The average Bonchev–Trinajstić information content (AvgIpc) is 2.80. The van der Waals surface area contributed by atoms with Crippen LogP contribution in [0.5, 0.6) is 0 Å². The van der Waals surface area contributed by atoms with Gasteiger partial charge in [0.25, 0.3) is 0 Å². The zero-order valence-corrected chi connectivity index (χ0v) is 13.6. The first-order chi connectivity index (χ1) is 10.3. The van der Waals surface area contributed by atoms with E-state index in [-0.39, 0.29) is 13.2 Å². The Balaban J connectivity index is 2.84. The van der Waals surface area contributed by atoms with Crippen LogP contribution in [0.3, 0.4) is 0 Å². The number of ether oxygens (including phenoxy) is 1. The van der Waals surface area contributed by atoms with Gasteiger partial charge in [-0.05, 0) is 20.8 Å². The molecule has 22 heavy (non-hydrogen) atoms. The van der Waals surface area contributed by atoms with Gasteiger partial charge in [-0.25, -0.2) is 9.59 Å². The number of ketones is 1. The third-order valence-corrected chi connectivity index (χ3v) is 5.67. The van der Waals surface area contributed by atoms with E-state index in [1.54, 1.807) is 13.8 Å². The predicted octanol–water partition coefficient (Wildman–Crippen LogP) is 1.46. The van der Waals surface area contributed by atoms with Gasteiger partial charge in [-0.1, -0.05) is 0 Å². The van der Waals surface area contributed by atoms with Crippen molar-refractivity contribution in [3.05, 3.63) is 0 Å². The lowest BCUT2D eigenvalue weighted by atomic mass is 10.1. The molecule has 126 valence electrons. The first kappa shape index (κ1) is 18.6. The summed E-state index contributed by atoms with van der Waals surface area (Å²) in [6, 6.07) is -1.23. The Hall–Kier alpha value is -1.44. The number of nitrogens with zero attached hydrogens (tertiary/aromatic N) is 1. The number of esters is 1. The number of hydrogen-bond donors (Lipinski definition) is 1. The lowest BCUT2D eigenvalue weighted by Crippen LogP contribution is -2.40. The van der Waals surface area contributed by atoms with E-state index in [0.29, 0.717) is 0 Å². The van der Waals surface area contributed by atoms with Gasteiger partial charge in [-0.2, -0.15) is 0 Å². The van der Waals surface area contributed by atoms with Crippen molar-refractivity contribution < 1.29 is 37.8 Å². The van der Waals surface area contributed by atoms with Crippen LogP contribution in [0, 0.1) is 0 Å². The third-order valence-electron chi connectivity index (χ3n) is 3.19. The van der Waals surface area contributed by atoms with Gasteiger partial charge in [0, 0.05) is 6.42 Å². The molecule has 0 aromatic rings. The van der Waals surface area contributed by atoms with Gasteiger partial charge in [-0.3, -0.25) is 14.3 Å². The largest absolute Gasteiger partial charge is 0.465 e. The molecular weight excluding hydrogens is 317 g/mol. The van der Waals surface area contributed by atoms with Crippen LogP contribution in [0.1, 0.15) is 27.2 Å². The first-order valence-electron chi connectivity index (χ1n) is 6.84. The van der Waals surface area contributed by atoms with E-state index in [9.17, 15) is 18.9 Å². The van der Waals surface area contributed by atoms with Gasteiger partial charge >= 0.3 is 19.7 Å². The van der Waals surface area contributed by atoms with Gasteiger partial charge in [0.15, 0.2) is 6.73 Å². The molecule has 0 radical (unpaired) electrons. The van der Waals surface area contributed by atoms with Crippen LogP contribution in [0.4, 0.5) is 4.79 Å². The van der Waals surface area contributed by atoms with Gasteiger partial charge in [0.05, 0.1) is 13.2 Å². The van der Waals surface area contributed by atoms with Crippen molar-refractivity contribution in [2.75, 3.05) is 19.9 Å². The highest BCUT2D eigenvalue weighted by Gasteiger charge is 2.43. The summed E-state index contributed by atoms with van der Waals surface area (Å²) in [4.78, 5) is 35.5. The van der Waals surface area contributed by atoms with E-state index in [0.717, 1.165) is 4.90 Å². The van der Waals surface area contributed by atoms with Crippen LogP contribution in [0.25, 0.3) is 0 Å². The van der Waals surface area contributed by atoms with Crippen LogP contribution >= 0.6 is 7.60 Å². The molecule has 1 heterocycles. The Morgan fingerprint density at radius 1 is 1.41 bits per heavy atom. The Bertz CT molecular complexity index is 484. The minimum Gasteiger partial charge on any atom is -0.465 e. The maximum Gasteiger partial charge on any atom is 0.410 e. The van der Waals surface area contributed by atoms with E-state index in [4.69, 9.17) is 14.2 Å². The Morgan fingerprint density at radius 3 is 2.41 bits per heavy atom. The fraction of sp³-hybridized carbons (Fsp3) is 0.750.